The largest absolute Gasteiger partial charge is 0.539 e. The first-order valence-electron chi connectivity index (χ1n) is 13.8. The molecule has 0 saturated carbocycles. The predicted molar refractivity (Wildman–Crippen MR) is 177 cm³/mol. The number of rotatable bonds is 12. The summed E-state index contributed by atoms with van der Waals surface area (Å²) in [6.07, 6.45) is 1.31. The van der Waals surface area contributed by atoms with Gasteiger partial charge >= 0.3 is 5.97 Å². The highest BCUT2D eigenvalue weighted by Gasteiger charge is 2.35. The van der Waals surface area contributed by atoms with E-state index >= 15 is 0 Å². The smallest absolute Gasteiger partial charge is 0.347 e. The molecule has 4 aromatic rings. The lowest BCUT2D eigenvalue weighted by atomic mass is 10.2. The van der Waals surface area contributed by atoms with Crippen LogP contribution in [0.1, 0.15) is 40.0 Å². The second kappa shape index (κ2) is 14.3. The zero-order valence-corrected chi connectivity index (χ0v) is 27.7. The fraction of sp³-hybridized carbons (Fsp3) is 0.182. The van der Waals surface area contributed by atoms with E-state index in [1.54, 1.807) is 36.4 Å². The fourth-order valence-electron chi connectivity index (χ4n) is 4.70. The second-order valence-electron chi connectivity index (χ2n) is 9.88. The Labute approximate surface area is 268 Å². The van der Waals surface area contributed by atoms with Crippen LogP contribution >= 0.6 is 23.2 Å². The van der Waals surface area contributed by atoms with Crippen molar-refractivity contribution in [3.63, 3.8) is 0 Å². The van der Waals surface area contributed by atoms with Gasteiger partial charge in [0.25, 0.3) is 8.32 Å². The first-order chi connectivity index (χ1) is 21.0. The Bertz CT molecular complexity index is 1740. The lowest BCUT2D eigenvalue weighted by Crippen LogP contribution is -2.52. The number of aromatic hydroxyl groups is 1. The third kappa shape index (κ3) is 7.47. The number of halogens is 2. The highest BCUT2D eigenvalue weighted by Crippen LogP contribution is 2.34. The van der Waals surface area contributed by atoms with E-state index in [1.165, 1.54) is 42.6 Å². The molecule has 1 atom stereocenters. The van der Waals surface area contributed by atoms with Crippen LogP contribution in [0, 0.1) is 0 Å². The van der Waals surface area contributed by atoms with Crippen molar-refractivity contribution in [2.24, 2.45) is 0 Å². The molecule has 0 aliphatic carbocycles. The number of methoxy groups -OCH3 is 1. The molecule has 44 heavy (non-hydrogen) atoms. The van der Waals surface area contributed by atoms with E-state index in [-0.39, 0.29) is 27.8 Å². The van der Waals surface area contributed by atoms with Gasteiger partial charge in [-0.3, -0.25) is 0 Å². The van der Waals surface area contributed by atoms with Crippen molar-refractivity contribution in [1.29, 1.82) is 0 Å². The lowest BCUT2D eigenvalue weighted by molar-refractivity contribution is 0.0726. The van der Waals surface area contributed by atoms with Crippen molar-refractivity contribution in [3.05, 3.63) is 118 Å². The van der Waals surface area contributed by atoms with Gasteiger partial charge in [0.1, 0.15) is 11.3 Å². The van der Waals surface area contributed by atoms with Crippen LogP contribution in [-0.2, 0) is 9.84 Å². The Balaban J connectivity index is 1.49. The van der Waals surface area contributed by atoms with E-state index in [2.05, 4.69) is 26.0 Å². The summed E-state index contributed by atoms with van der Waals surface area (Å²) in [7, 11) is -4.86. The van der Waals surface area contributed by atoms with Crippen LogP contribution in [0.3, 0.4) is 0 Å². The molecule has 0 saturated heterocycles. The molecule has 0 aromatic heterocycles. The Morgan fingerprint density at radius 1 is 0.955 bits per heavy atom. The second-order valence-corrected chi connectivity index (χ2v) is 17.1. The summed E-state index contributed by atoms with van der Waals surface area (Å²) in [5.41, 5.74) is 0.794. The van der Waals surface area contributed by atoms with Crippen LogP contribution in [0.2, 0.25) is 17.1 Å². The molecule has 0 aliphatic rings. The number of carbonyl (C=O) groups is 1. The van der Waals surface area contributed by atoms with E-state index in [4.69, 9.17) is 37.1 Å². The molecule has 11 heteroatoms. The molecule has 230 valence electrons. The summed E-state index contributed by atoms with van der Waals surface area (Å²) in [4.78, 5) is 12.8. The Morgan fingerprint density at radius 2 is 1.64 bits per heavy atom. The van der Waals surface area contributed by atoms with Gasteiger partial charge in [-0.05, 0) is 70.9 Å². The third-order valence-electron chi connectivity index (χ3n) is 7.21. The van der Waals surface area contributed by atoms with Crippen molar-refractivity contribution in [2.45, 2.75) is 30.6 Å². The van der Waals surface area contributed by atoms with Gasteiger partial charge in [-0.2, -0.15) is 0 Å². The predicted octanol–water partition coefficient (Wildman–Crippen LogP) is 7.87. The molecule has 1 unspecified atom stereocenters. The van der Waals surface area contributed by atoms with Gasteiger partial charge in [0.2, 0.25) is 0 Å². The summed E-state index contributed by atoms with van der Waals surface area (Å²) >= 11 is 12.5. The number of ether oxygens (including phenoxy) is 2. The van der Waals surface area contributed by atoms with Crippen molar-refractivity contribution in [2.75, 3.05) is 7.11 Å². The summed E-state index contributed by atoms with van der Waals surface area (Å²) in [6, 6.07) is 27.4. The van der Waals surface area contributed by atoms with Crippen molar-refractivity contribution >= 4 is 58.6 Å². The average Bonchev–Trinajstić information content (AvgIpc) is 3.04. The average molecular weight is 672 g/mol. The first-order valence-corrected chi connectivity index (χ1v) is 18.6. The molecule has 0 aliphatic heterocycles. The number of esters is 1. The number of phenolic OH excluding ortho intramolecular Hbond substituents is 1. The fourth-order valence-corrected chi connectivity index (χ4v) is 9.40. The van der Waals surface area contributed by atoms with E-state index in [0.717, 1.165) is 17.5 Å². The van der Waals surface area contributed by atoms with Crippen LogP contribution in [-0.4, -0.2) is 34.9 Å². The van der Waals surface area contributed by atoms with E-state index in [9.17, 15) is 18.3 Å². The van der Waals surface area contributed by atoms with Crippen molar-refractivity contribution in [1.82, 2.24) is 0 Å². The van der Waals surface area contributed by atoms with Crippen LogP contribution in [0.5, 0.6) is 23.0 Å². The molecule has 0 heterocycles. The summed E-state index contributed by atoms with van der Waals surface area (Å²) in [5.74, 6) is -0.525. The SMILES string of the molecule is CC[Si](CC)(Oc1ccc(C(Cl)S(=O)(=O)/C=C/c2ccc(O)c(OC(=O)c3cccc(Cl)c3OC)c2)cc1)c1ccccc1. The maximum atomic E-state index is 13.1. The Hall–Kier alpha value is -3.76. The lowest BCUT2D eigenvalue weighted by Gasteiger charge is -2.30. The molecule has 1 N–H and O–H groups in total. The van der Waals surface area contributed by atoms with Gasteiger partial charge in [-0.1, -0.05) is 91.6 Å². The molecule has 4 aromatic carbocycles. The first kappa shape index (κ1) is 33.1. The maximum Gasteiger partial charge on any atom is 0.347 e. The minimum atomic E-state index is -3.96. The number of hydrogen-bond acceptors (Lipinski definition) is 7. The normalized spacial score (nSPS) is 12.6. The number of hydrogen-bond donors (Lipinski definition) is 1. The van der Waals surface area contributed by atoms with Gasteiger partial charge in [0.05, 0.1) is 12.1 Å². The molecule has 4 rings (SSSR count). The monoisotopic (exact) mass is 670 g/mol. The topological polar surface area (TPSA) is 99.1 Å². The zero-order valence-electron chi connectivity index (χ0n) is 24.4. The molecule has 0 bridgehead atoms. The van der Waals surface area contributed by atoms with Crippen LogP contribution in [0.4, 0.5) is 0 Å². The standard InChI is InChI=1S/C33H32Cl2O7SSi/c1-4-44(5-2,26-10-7-6-8-11-26)42-25-17-15-24(16-18-25)32(35)43(38,39)21-20-23-14-19-29(36)30(22-23)41-33(37)27-12-9-13-28(34)31(27)40-3/h6-22,32,36H,4-5H2,1-3H3/b21-20+. The minimum absolute atomic E-state index is 0.0572. The van der Waals surface area contributed by atoms with Gasteiger partial charge in [-0.15, -0.1) is 0 Å². The maximum absolute atomic E-state index is 13.1. The molecule has 0 radical (unpaired) electrons. The molecular formula is C33H32Cl2O7SSi. The third-order valence-corrected chi connectivity index (χ3v) is 14.2. The van der Waals surface area contributed by atoms with E-state index in [0.29, 0.717) is 16.9 Å². The zero-order chi connectivity index (χ0) is 31.9. The van der Waals surface area contributed by atoms with Crippen LogP contribution in [0.15, 0.2) is 96.4 Å². The van der Waals surface area contributed by atoms with Crippen molar-refractivity contribution < 1.29 is 32.2 Å². The van der Waals surface area contributed by atoms with Gasteiger partial charge < -0.3 is 19.0 Å². The van der Waals surface area contributed by atoms with E-state index < -0.39 is 28.8 Å². The quantitative estimate of drug-likeness (QED) is 0.0709. The molecule has 0 spiro atoms. The summed E-state index contributed by atoms with van der Waals surface area (Å²) in [6.45, 7) is 4.25. The summed E-state index contributed by atoms with van der Waals surface area (Å²) in [5, 5.41) is 12.7. The number of para-hydroxylation sites is 1. The Kier molecular flexibility index (Phi) is 10.8. The minimum Gasteiger partial charge on any atom is -0.539 e. The van der Waals surface area contributed by atoms with Gasteiger partial charge in [-0.25, -0.2) is 13.2 Å². The van der Waals surface area contributed by atoms with Crippen LogP contribution < -0.4 is 19.1 Å². The van der Waals surface area contributed by atoms with Gasteiger partial charge in [0, 0.05) is 5.41 Å². The van der Waals surface area contributed by atoms with Crippen LogP contribution in [0.25, 0.3) is 6.08 Å². The number of alkyl halides is 1. The Morgan fingerprint density at radius 3 is 2.27 bits per heavy atom. The number of phenols is 1. The van der Waals surface area contributed by atoms with Crippen molar-refractivity contribution in [3.8, 4) is 23.0 Å². The highest BCUT2D eigenvalue weighted by molar-refractivity contribution is 7.95. The molecule has 0 fully saturated rings. The van der Waals surface area contributed by atoms with Gasteiger partial charge in [0.15, 0.2) is 31.8 Å². The molecule has 0 amide bonds. The summed E-state index contributed by atoms with van der Waals surface area (Å²) < 4.78 is 42.0. The van der Waals surface area contributed by atoms with E-state index in [1.807, 2.05) is 18.2 Å². The number of benzene rings is 4. The highest BCUT2D eigenvalue weighted by atomic mass is 35.5. The molecular weight excluding hydrogens is 639 g/mol. The number of sulfone groups is 1. The molecule has 7 nitrogen and oxygen atoms in total. The number of carbonyl (C=O) groups excluding carboxylic acids is 1.